The normalized spacial score (nSPS) is 15.6. The second-order valence-corrected chi connectivity index (χ2v) is 8.52. The Bertz CT molecular complexity index is 1280. The molecule has 0 radical (unpaired) electrons. The molecule has 4 aromatic rings. The fraction of sp³-hybridized carbons (Fsp3) is 0.192. The minimum absolute atomic E-state index is 0.189. The molecule has 6 heteroatoms. The second kappa shape index (κ2) is 8.32. The van der Waals surface area contributed by atoms with E-state index in [0.29, 0.717) is 18.0 Å². The van der Waals surface area contributed by atoms with Gasteiger partial charge in [0.25, 0.3) is 0 Å². The van der Waals surface area contributed by atoms with Crippen LogP contribution in [0.1, 0.15) is 35.3 Å². The molecule has 1 unspecified atom stereocenters. The predicted molar refractivity (Wildman–Crippen MR) is 127 cm³/mol. The van der Waals surface area contributed by atoms with Crippen molar-refractivity contribution in [1.82, 2.24) is 9.88 Å². The molecule has 162 valence electrons. The molecule has 0 saturated carbocycles. The number of hydrogen-bond donors (Lipinski definition) is 2. The fourth-order valence-electron chi connectivity index (χ4n) is 4.49. The van der Waals surface area contributed by atoms with Crippen molar-refractivity contribution in [2.75, 3.05) is 11.9 Å². The van der Waals surface area contributed by atoms with Crippen LogP contribution in [0.15, 0.2) is 66.7 Å². The molecule has 4 nitrogen and oxygen atoms in total. The first-order chi connectivity index (χ1) is 15.5. The monoisotopic (exact) mass is 447 g/mol. The topological polar surface area (TPSA) is 48.1 Å². The molecule has 2 amide bonds. The predicted octanol–water partition coefficient (Wildman–Crippen LogP) is 6.70. The molecule has 1 atom stereocenters. The lowest BCUT2D eigenvalue weighted by molar-refractivity contribution is 0.193. The fourth-order valence-corrected chi connectivity index (χ4v) is 4.66. The van der Waals surface area contributed by atoms with Crippen LogP contribution in [-0.2, 0) is 12.8 Å². The van der Waals surface area contributed by atoms with Gasteiger partial charge in [-0.2, -0.15) is 0 Å². The van der Waals surface area contributed by atoms with Gasteiger partial charge in [-0.1, -0.05) is 42.8 Å². The summed E-state index contributed by atoms with van der Waals surface area (Å²) in [6.45, 7) is 2.63. The molecule has 0 fully saturated rings. The summed E-state index contributed by atoms with van der Waals surface area (Å²) >= 11 is 6.25. The van der Waals surface area contributed by atoms with E-state index in [1.54, 1.807) is 17.0 Å². The van der Waals surface area contributed by atoms with E-state index in [4.69, 9.17) is 11.6 Å². The maximum absolute atomic E-state index is 13.7. The summed E-state index contributed by atoms with van der Waals surface area (Å²) in [5.74, 6) is -0.305. The number of hydrogen-bond acceptors (Lipinski definition) is 1. The Labute approximate surface area is 191 Å². The van der Waals surface area contributed by atoms with E-state index in [-0.39, 0.29) is 17.9 Å². The van der Waals surface area contributed by atoms with Gasteiger partial charge in [-0.25, -0.2) is 9.18 Å². The van der Waals surface area contributed by atoms with E-state index < -0.39 is 0 Å². The molecule has 2 heterocycles. The third kappa shape index (κ3) is 3.73. The summed E-state index contributed by atoms with van der Waals surface area (Å²) in [5, 5.41) is 4.76. The first-order valence-corrected chi connectivity index (χ1v) is 11.1. The van der Waals surface area contributed by atoms with E-state index >= 15 is 0 Å². The molecule has 3 aromatic carbocycles. The number of urea groups is 1. The highest BCUT2D eigenvalue weighted by molar-refractivity contribution is 6.31. The first kappa shape index (κ1) is 20.6. The van der Waals surface area contributed by atoms with Crippen LogP contribution in [0.5, 0.6) is 0 Å². The third-order valence-electron chi connectivity index (χ3n) is 6.15. The van der Waals surface area contributed by atoms with Gasteiger partial charge in [0.2, 0.25) is 0 Å². The van der Waals surface area contributed by atoms with Gasteiger partial charge in [-0.3, -0.25) is 0 Å². The van der Waals surface area contributed by atoms with Gasteiger partial charge in [0.05, 0.1) is 6.04 Å². The number of carbonyl (C=O) groups excluding carboxylic acids is 1. The minimum Gasteiger partial charge on any atom is -0.356 e. The van der Waals surface area contributed by atoms with Gasteiger partial charge < -0.3 is 15.2 Å². The van der Waals surface area contributed by atoms with Crippen LogP contribution in [0, 0.1) is 5.82 Å². The summed E-state index contributed by atoms with van der Waals surface area (Å²) in [6.07, 6.45) is 1.65. The largest absolute Gasteiger partial charge is 0.356 e. The van der Waals surface area contributed by atoms with E-state index in [9.17, 15) is 9.18 Å². The lowest BCUT2D eigenvalue weighted by Gasteiger charge is -2.36. The Morgan fingerprint density at radius 2 is 1.88 bits per heavy atom. The molecule has 5 rings (SSSR count). The van der Waals surface area contributed by atoms with Crippen molar-refractivity contribution in [2.45, 2.75) is 25.8 Å². The van der Waals surface area contributed by atoms with Crippen LogP contribution in [0.3, 0.4) is 0 Å². The van der Waals surface area contributed by atoms with Gasteiger partial charge >= 0.3 is 6.03 Å². The molecule has 0 saturated heterocycles. The lowest BCUT2D eigenvalue weighted by atomic mass is 9.92. The Balaban J connectivity index is 1.55. The zero-order valence-corrected chi connectivity index (χ0v) is 18.4. The van der Waals surface area contributed by atoms with Crippen molar-refractivity contribution in [2.24, 2.45) is 0 Å². The Kier molecular flexibility index (Phi) is 5.35. The quantitative estimate of drug-likeness (QED) is 0.360. The van der Waals surface area contributed by atoms with E-state index in [2.05, 4.69) is 17.2 Å². The van der Waals surface area contributed by atoms with Crippen molar-refractivity contribution < 1.29 is 9.18 Å². The number of aromatic amines is 1. The first-order valence-electron chi connectivity index (χ1n) is 10.8. The van der Waals surface area contributed by atoms with Crippen LogP contribution in [-0.4, -0.2) is 22.5 Å². The molecule has 1 aromatic heterocycles. The summed E-state index contributed by atoms with van der Waals surface area (Å²) in [5.41, 5.74) is 5.88. The van der Waals surface area contributed by atoms with Crippen LogP contribution >= 0.6 is 11.6 Å². The maximum Gasteiger partial charge on any atom is 0.322 e. The molecule has 2 N–H and O–H groups in total. The number of carbonyl (C=O) groups is 1. The molecule has 0 spiro atoms. The highest BCUT2D eigenvalue weighted by Gasteiger charge is 2.34. The summed E-state index contributed by atoms with van der Waals surface area (Å²) < 4.78 is 13.7. The molecule has 1 aliphatic heterocycles. The third-order valence-corrected chi connectivity index (χ3v) is 6.38. The highest BCUT2D eigenvalue weighted by atomic mass is 35.5. The van der Waals surface area contributed by atoms with Crippen molar-refractivity contribution in [3.8, 4) is 0 Å². The van der Waals surface area contributed by atoms with E-state index in [1.165, 1.54) is 17.7 Å². The summed E-state index contributed by atoms with van der Waals surface area (Å²) in [6, 6.07) is 19.4. The zero-order chi connectivity index (χ0) is 22.2. The van der Waals surface area contributed by atoms with Crippen molar-refractivity contribution in [3.63, 3.8) is 0 Å². The van der Waals surface area contributed by atoms with Gasteiger partial charge in [0.1, 0.15) is 5.82 Å². The number of nitrogens with one attached hydrogen (secondary N) is 2. The average Bonchev–Trinajstić information content (AvgIpc) is 3.17. The molecular weight excluding hydrogens is 425 g/mol. The van der Waals surface area contributed by atoms with Crippen LogP contribution in [0.2, 0.25) is 5.02 Å². The standard InChI is InChI=1S/C26H23ClFN3O/c1-2-16-3-10-20(11-4-16)29-26(32)31-14-13-21-22-15-18(27)7-12-23(22)30-24(21)25(31)17-5-8-19(28)9-6-17/h3-12,15,25,30H,2,13-14H2,1H3,(H,29,32). The molecule has 0 aliphatic carbocycles. The van der Waals surface area contributed by atoms with Crippen molar-refractivity contribution in [3.05, 3.63) is 100.0 Å². The number of nitrogens with zero attached hydrogens (tertiary/aromatic N) is 1. The molecule has 1 aliphatic rings. The van der Waals surface area contributed by atoms with Crippen LogP contribution < -0.4 is 5.32 Å². The lowest BCUT2D eigenvalue weighted by Crippen LogP contribution is -2.43. The smallest absolute Gasteiger partial charge is 0.322 e. The van der Waals surface area contributed by atoms with E-state index in [0.717, 1.165) is 39.8 Å². The molecule has 0 bridgehead atoms. The Morgan fingerprint density at radius 3 is 2.59 bits per heavy atom. The number of anilines is 1. The van der Waals surface area contributed by atoms with Crippen molar-refractivity contribution >= 4 is 34.2 Å². The Hall–Kier alpha value is -3.31. The van der Waals surface area contributed by atoms with Gasteiger partial charge in [-0.05, 0) is 72.0 Å². The van der Waals surface area contributed by atoms with Crippen molar-refractivity contribution in [1.29, 1.82) is 0 Å². The highest BCUT2D eigenvalue weighted by Crippen LogP contribution is 2.39. The molecular formula is C26H23ClFN3O. The summed E-state index contributed by atoms with van der Waals surface area (Å²) in [7, 11) is 0. The van der Waals surface area contributed by atoms with Crippen LogP contribution in [0.25, 0.3) is 10.9 Å². The van der Waals surface area contributed by atoms with E-state index in [1.807, 2.05) is 42.5 Å². The second-order valence-electron chi connectivity index (χ2n) is 8.09. The number of rotatable bonds is 3. The summed E-state index contributed by atoms with van der Waals surface area (Å²) in [4.78, 5) is 18.7. The number of benzene rings is 3. The Morgan fingerprint density at radius 1 is 1.12 bits per heavy atom. The number of H-pyrrole nitrogens is 1. The minimum atomic E-state index is -0.361. The number of halogens is 2. The maximum atomic E-state index is 13.7. The number of aryl methyl sites for hydroxylation is 1. The number of fused-ring (bicyclic) bond motifs is 3. The zero-order valence-electron chi connectivity index (χ0n) is 17.7. The molecule has 32 heavy (non-hydrogen) atoms. The number of amides is 2. The SMILES string of the molecule is CCc1ccc(NC(=O)N2CCc3c([nH]c4ccc(Cl)cc34)C2c2ccc(F)cc2)cc1. The number of aromatic nitrogens is 1. The van der Waals surface area contributed by atoms with Crippen LogP contribution in [0.4, 0.5) is 14.9 Å². The van der Waals surface area contributed by atoms with Gasteiger partial charge in [-0.15, -0.1) is 0 Å². The van der Waals surface area contributed by atoms with Gasteiger partial charge in [0.15, 0.2) is 0 Å². The van der Waals surface area contributed by atoms with Gasteiger partial charge in [0, 0.05) is 33.9 Å². The average molecular weight is 448 g/mol.